The topological polar surface area (TPSA) is 88.7 Å². The predicted octanol–water partition coefficient (Wildman–Crippen LogP) is 2.10. The van der Waals surface area contributed by atoms with Crippen LogP contribution in [-0.2, 0) is 11.8 Å². The molecule has 3 atom stereocenters. The summed E-state index contributed by atoms with van der Waals surface area (Å²) >= 11 is 0. The smallest absolute Gasteiger partial charge is 0.248 e. The number of ether oxygens (including phenoxy) is 1. The number of carbonyl (C=O) groups is 1. The summed E-state index contributed by atoms with van der Waals surface area (Å²) in [4.78, 5) is 18.0. The van der Waals surface area contributed by atoms with E-state index in [2.05, 4.69) is 23.9 Å². The summed E-state index contributed by atoms with van der Waals surface area (Å²) in [6.07, 6.45) is 3.47. The molecular weight excluding hydrogens is 342 g/mol. The fourth-order valence-electron chi connectivity index (χ4n) is 4.74. The molecule has 2 heterocycles. The molecule has 0 saturated carbocycles. The number of nitrogens with two attached hydrogens (primary N) is 1. The van der Waals surface area contributed by atoms with Crippen molar-refractivity contribution in [3.05, 3.63) is 53.2 Å². The molecule has 1 aliphatic carbocycles. The van der Waals surface area contributed by atoms with E-state index in [1.165, 1.54) is 17.3 Å². The second-order valence-corrected chi connectivity index (χ2v) is 7.93. The molecule has 2 bridgehead atoms. The first-order chi connectivity index (χ1) is 12.9. The zero-order chi connectivity index (χ0) is 19.2. The van der Waals surface area contributed by atoms with Crippen LogP contribution >= 0.6 is 0 Å². The van der Waals surface area contributed by atoms with E-state index in [4.69, 9.17) is 10.5 Å². The van der Waals surface area contributed by atoms with Crippen molar-refractivity contribution in [1.29, 1.82) is 0 Å². The van der Waals surface area contributed by atoms with Crippen LogP contribution < -0.4 is 10.5 Å². The van der Waals surface area contributed by atoms with Gasteiger partial charge < -0.3 is 20.5 Å². The predicted molar refractivity (Wildman–Crippen MR) is 102 cm³/mol. The standard InChI is InChI=1S/C21H25N3O3/c1-21-6-8-24(2)18(9-13-3-4-15(25)11-16(13)21)17(21)12-27-19-10-14(20(22)26)5-7-23-19/h3-5,7,10-11,17-18,25H,6,8-9,12H2,1-2H3,(H2,22,26)/t17-,18?,21+/m0/s1. The van der Waals surface area contributed by atoms with E-state index in [-0.39, 0.29) is 11.3 Å². The third-order valence-corrected chi connectivity index (χ3v) is 6.40. The number of primary amides is 1. The molecule has 2 aromatic rings. The van der Waals surface area contributed by atoms with Gasteiger partial charge in [0, 0.05) is 35.2 Å². The van der Waals surface area contributed by atoms with E-state index in [9.17, 15) is 9.90 Å². The van der Waals surface area contributed by atoms with Crippen molar-refractivity contribution in [3.8, 4) is 11.6 Å². The highest BCUT2D eigenvalue weighted by molar-refractivity contribution is 5.92. The van der Waals surface area contributed by atoms with Crippen LogP contribution in [0.4, 0.5) is 0 Å². The van der Waals surface area contributed by atoms with Crippen molar-refractivity contribution in [3.63, 3.8) is 0 Å². The minimum absolute atomic E-state index is 0.0786. The maximum Gasteiger partial charge on any atom is 0.248 e. The molecule has 1 aromatic carbocycles. The lowest BCUT2D eigenvalue weighted by Gasteiger charge is -2.54. The highest BCUT2D eigenvalue weighted by atomic mass is 16.5. The fourth-order valence-corrected chi connectivity index (χ4v) is 4.74. The molecular formula is C21H25N3O3. The van der Waals surface area contributed by atoms with Crippen LogP contribution in [0.2, 0.25) is 0 Å². The van der Waals surface area contributed by atoms with Crippen molar-refractivity contribution in [2.45, 2.75) is 31.2 Å². The Kier molecular flexibility index (Phi) is 4.30. The molecule has 1 aromatic heterocycles. The normalized spacial score (nSPS) is 27.0. The largest absolute Gasteiger partial charge is 0.508 e. The lowest BCUT2D eigenvalue weighted by atomic mass is 9.58. The van der Waals surface area contributed by atoms with Crippen LogP contribution in [0.15, 0.2) is 36.5 Å². The lowest BCUT2D eigenvalue weighted by molar-refractivity contribution is 0.0109. The number of benzene rings is 1. The van der Waals surface area contributed by atoms with Gasteiger partial charge in [-0.15, -0.1) is 0 Å². The van der Waals surface area contributed by atoms with Crippen molar-refractivity contribution < 1.29 is 14.6 Å². The average Bonchev–Trinajstić information content (AvgIpc) is 2.65. The van der Waals surface area contributed by atoms with Crippen LogP contribution in [0, 0.1) is 5.92 Å². The number of phenolic OH excluding ortho intramolecular Hbond substituents is 1. The van der Waals surface area contributed by atoms with E-state index in [1.807, 2.05) is 12.1 Å². The third kappa shape index (κ3) is 3.04. The first-order valence-electron chi connectivity index (χ1n) is 9.30. The van der Waals surface area contributed by atoms with Gasteiger partial charge in [0.25, 0.3) is 0 Å². The maximum absolute atomic E-state index is 11.4. The van der Waals surface area contributed by atoms with Crippen LogP contribution in [0.25, 0.3) is 0 Å². The van der Waals surface area contributed by atoms with Gasteiger partial charge in [-0.25, -0.2) is 4.98 Å². The molecule has 1 saturated heterocycles. The minimum Gasteiger partial charge on any atom is -0.508 e. The number of fused-ring (bicyclic) bond motifs is 4. The molecule has 0 spiro atoms. The second-order valence-electron chi connectivity index (χ2n) is 7.93. The Bertz CT molecular complexity index is 885. The molecule has 27 heavy (non-hydrogen) atoms. The van der Waals surface area contributed by atoms with Crippen molar-refractivity contribution in [1.82, 2.24) is 9.88 Å². The average molecular weight is 367 g/mol. The number of hydrogen-bond acceptors (Lipinski definition) is 5. The molecule has 4 rings (SSSR count). The number of piperidine rings is 1. The minimum atomic E-state index is -0.493. The Morgan fingerprint density at radius 1 is 1.41 bits per heavy atom. The number of aromatic nitrogens is 1. The van der Waals surface area contributed by atoms with Gasteiger partial charge in [-0.3, -0.25) is 4.79 Å². The fraction of sp³-hybridized carbons (Fsp3) is 0.429. The van der Waals surface area contributed by atoms with Gasteiger partial charge in [-0.1, -0.05) is 13.0 Å². The second kappa shape index (κ2) is 6.53. The highest BCUT2D eigenvalue weighted by Crippen LogP contribution is 2.49. The number of pyridine rings is 1. The number of carbonyl (C=O) groups excluding carboxylic acids is 1. The van der Waals surface area contributed by atoms with Gasteiger partial charge in [0.1, 0.15) is 5.75 Å². The number of aromatic hydroxyl groups is 1. The molecule has 142 valence electrons. The van der Waals surface area contributed by atoms with Gasteiger partial charge in [0.15, 0.2) is 0 Å². The lowest BCUT2D eigenvalue weighted by Crippen LogP contribution is -2.59. The molecule has 2 aliphatic rings. The van der Waals surface area contributed by atoms with Gasteiger partial charge in [-0.05, 0) is 55.8 Å². The Labute approximate surface area is 159 Å². The summed E-state index contributed by atoms with van der Waals surface area (Å²) < 4.78 is 6.02. The van der Waals surface area contributed by atoms with Crippen LogP contribution in [0.3, 0.4) is 0 Å². The van der Waals surface area contributed by atoms with Crippen molar-refractivity contribution in [2.24, 2.45) is 11.7 Å². The molecule has 1 unspecified atom stereocenters. The quantitative estimate of drug-likeness (QED) is 0.864. The Hall–Kier alpha value is -2.60. The van der Waals surface area contributed by atoms with Gasteiger partial charge in [-0.2, -0.15) is 0 Å². The van der Waals surface area contributed by atoms with E-state index >= 15 is 0 Å². The van der Waals surface area contributed by atoms with E-state index in [0.29, 0.717) is 29.8 Å². The molecule has 1 amide bonds. The molecule has 6 nitrogen and oxygen atoms in total. The Morgan fingerprint density at radius 2 is 2.22 bits per heavy atom. The number of likely N-dealkylation sites (tertiary alicyclic amines) is 1. The highest BCUT2D eigenvalue weighted by Gasteiger charge is 2.50. The zero-order valence-electron chi connectivity index (χ0n) is 15.7. The number of hydrogen-bond donors (Lipinski definition) is 2. The van der Waals surface area contributed by atoms with Gasteiger partial charge >= 0.3 is 0 Å². The molecule has 1 aliphatic heterocycles. The molecule has 1 fully saturated rings. The van der Waals surface area contributed by atoms with Gasteiger partial charge in [0.05, 0.1) is 6.61 Å². The Balaban J connectivity index is 1.64. The number of likely N-dealkylation sites (N-methyl/N-ethyl adjacent to an activating group) is 1. The van der Waals surface area contributed by atoms with Crippen LogP contribution in [-0.4, -0.2) is 47.1 Å². The monoisotopic (exact) mass is 367 g/mol. The number of amides is 1. The molecule has 0 radical (unpaired) electrons. The Morgan fingerprint density at radius 3 is 3.00 bits per heavy atom. The van der Waals surface area contributed by atoms with Crippen molar-refractivity contribution >= 4 is 5.91 Å². The third-order valence-electron chi connectivity index (χ3n) is 6.40. The zero-order valence-corrected chi connectivity index (χ0v) is 15.7. The number of nitrogens with zero attached hydrogens (tertiary/aromatic N) is 2. The first kappa shape index (κ1) is 17.8. The maximum atomic E-state index is 11.4. The number of rotatable bonds is 4. The van der Waals surface area contributed by atoms with Crippen LogP contribution in [0.5, 0.6) is 11.6 Å². The molecule has 6 heteroatoms. The summed E-state index contributed by atoms with van der Waals surface area (Å²) in [5, 5.41) is 10.0. The summed E-state index contributed by atoms with van der Waals surface area (Å²) in [6, 6.07) is 9.26. The van der Waals surface area contributed by atoms with E-state index in [0.717, 1.165) is 19.4 Å². The SMILES string of the molecule is CN1CC[C@]2(C)c3cc(O)ccc3CC1[C@@H]2COc1cc(C(N)=O)ccn1. The number of phenols is 1. The van der Waals surface area contributed by atoms with Gasteiger partial charge in [0.2, 0.25) is 11.8 Å². The van der Waals surface area contributed by atoms with Crippen LogP contribution in [0.1, 0.15) is 34.8 Å². The van der Waals surface area contributed by atoms with Crippen molar-refractivity contribution in [2.75, 3.05) is 20.2 Å². The van der Waals surface area contributed by atoms with E-state index in [1.54, 1.807) is 18.2 Å². The summed E-state index contributed by atoms with van der Waals surface area (Å²) in [5.41, 5.74) is 8.19. The summed E-state index contributed by atoms with van der Waals surface area (Å²) in [6.45, 7) is 3.78. The first-order valence-corrected chi connectivity index (χ1v) is 9.30. The molecule has 3 N–H and O–H groups in total. The summed E-state index contributed by atoms with van der Waals surface area (Å²) in [7, 11) is 2.16. The van der Waals surface area contributed by atoms with E-state index < -0.39 is 5.91 Å². The summed E-state index contributed by atoms with van der Waals surface area (Å²) in [5.74, 6) is 0.484.